The van der Waals surface area contributed by atoms with E-state index in [0.717, 1.165) is 58.4 Å². The number of hydrogen-bond donors (Lipinski definition) is 3. The van der Waals surface area contributed by atoms with Gasteiger partial charge in [-0.15, -0.1) is 11.3 Å². The zero-order valence-corrected chi connectivity index (χ0v) is 20.3. The SMILES string of the molecule is CC(C)(O)c1csc(S(=O)(=O)NC(=O)Nc2c(-c3ccn4cncc4c3)ccc3c2CCC3)c1. The van der Waals surface area contributed by atoms with E-state index in [0.29, 0.717) is 11.3 Å². The van der Waals surface area contributed by atoms with Crippen molar-refractivity contribution >= 4 is 38.6 Å². The molecule has 10 heteroatoms. The first kappa shape index (κ1) is 22.6. The molecular weight excluding hydrogens is 472 g/mol. The average Bonchev–Trinajstić information content (AvgIpc) is 3.52. The third-order valence-corrected chi connectivity index (χ3v) is 8.79. The van der Waals surface area contributed by atoms with E-state index in [1.807, 2.05) is 28.8 Å². The van der Waals surface area contributed by atoms with E-state index >= 15 is 0 Å². The summed E-state index contributed by atoms with van der Waals surface area (Å²) in [5, 5.41) is 14.5. The first-order chi connectivity index (χ1) is 16.1. The van der Waals surface area contributed by atoms with Gasteiger partial charge in [-0.2, -0.15) is 0 Å². The van der Waals surface area contributed by atoms with Crippen molar-refractivity contribution in [2.24, 2.45) is 0 Å². The summed E-state index contributed by atoms with van der Waals surface area (Å²) in [5.41, 5.74) is 4.72. The van der Waals surface area contributed by atoms with E-state index in [2.05, 4.69) is 21.1 Å². The van der Waals surface area contributed by atoms with Gasteiger partial charge in [0.2, 0.25) is 0 Å². The lowest BCUT2D eigenvalue weighted by atomic mass is 9.97. The van der Waals surface area contributed by atoms with Gasteiger partial charge in [0.15, 0.2) is 0 Å². The van der Waals surface area contributed by atoms with Crippen LogP contribution in [0.15, 0.2) is 58.6 Å². The second-order valence-corrected chi connectivity index (χ2v) is 11.7. The summed E-state index contributed by atoms with van der Waals surface area (Å²) in [4.78, 5) is 17.1. The number of sulfonamides is 1. The summed E-state index contributed by atoms with van der Waals surface area (Å²) in [7, 11) is -4.10. The van der Waals surface area contributed by atoms with Gasteiger partial charge in [0.25, 0.3) is 10.0 Å². The fourth-order valence-corrected chi connectivity index (χ4v) is 6.47. The van der Waals surface area contributed by atoms with E-state index in [-0.39, 0.29) is 4.21 Å². The molecule has 0 atom stereocenters. The second-order valence-electron chi connectivity index (χ2n) is 8.89. The number of pyridine rings is 1. The van der Waals surface area contributed by atoms with Crippen LogP contribution in [-0.2, 0) is 28.5 Å². The number of aryl methyl sites for hydroxylation is 1. The van der Waals surface area contributed by atoms with Gasteiger partial charge < -0.3 is 14.8 Å². The Morgan fingerprint density at radius 1 is 1.21 bits per heavy atom. The van der Waals surface area contributed by atoms with Crippen molar-refractivity contribution in [1.29, 1.82) is 0 Å². The van der Waals surface area contributed by atoms with Crippen molar-refractivity contribution < 1.29 is 18.3 Å². The standard InChI is InChI=1S/C24H24N4O4S2/c1-24(2,30)17-11-21(33-13-17)34(31,32)27-23(29)26-22-19-5-3-4-15(19)6-7-20(22)16-8-9-28-14-25-12-18(28)10-16/h6-14,30H,3-5H2,1-2H3,(H2,26,27,29). The maximum Gasteiger partial charge on any atom is 0.333 e. The first-order valence-electron chi connectivity index (χ1n) is 10.8. The lowest BCUT2D eigenvalue weighted by molar-refractivity contribution is 0.0789. The monoisotopic (exact) mass is 496 g/mol. The molecule has 1 aromatic carbocycles. The smallest absolute Gasteiger partial charge is 0.333 e. The molecule has 0 unspecified atom stereocenters. The van der Waals surface area contributed by atoms with E-state index in [4.69, 9.17) is 0 Å². The molecule has 8 nitrogen and oxygen atoms in total. The van der Waals surface area contributed by atoms with Crippen LogP contribution in [0.2, 0.25) is 0 Å². The number of urea groups is 1. The number of carbonyl (C=O) groups excluding carboxylic acids is 1. The number of anilines is 1. The van der Waals surface area contributed by atoms with Crippen LogP contribution in [-0.4, -0.2) is 28.9 Å². The first-order valence-corrected chi connectivity index (χ1v) is 13.2. The van der Waals surface area contributed by atoms with Gasteiger partial charge in [-0.1, -0.05) is 12.1 Å². The molecule has 0 radical (unpaired) electrons. The van der Waals surface area contributed by atoms with Crippen molar-refractivity contribution in [2.45, 2.75) is 42.9 Å². The Kier molecular flexibility index (Phi) is 5.46. The third-order valence-electron chi connectivity index (χ3n) is 6.02. The van der Waals surface area contributed by atoms with E-state index in [1.165, 1.54) is 6.07 Å². The minimum atomic E-state index is -4.10. The molecule has 0 aliphatic heterocycles. The average molecular weight is 497 g/mol. The van der Waals surface area contributed by atoms with Crippen molar-refractivity contribution in [3.8, 4) is 11.1 Å². The lowest BCUT2D eigenvalue weighted by Crippen LogP contribution is -2.34. The maximum absolute atomic E-state index is 12.9. The zero-order valence-electron chi connectivity index (χ0n) is 18.7. The Morgan fingerprint density at radius 3 is 2.79 bits per heavy atom. The molecule has 5 rings (SSSR count). The number of carbonyl (C=O) groups is 1. The van der Waals surface area contributed by atoms with Crippen LogP contribution >= 0.6 is 11.3 Å². The number of rotatable bonds is 5. The van der Waals surface area contributed by atoms with Crippen LogP contribution in [0.4, 0.5) is 10.5 Å². The van der Waals surface area contributed by atoms with Crippen LogP contribution in [0.25, 0.3) is 16.6 Å². The largest absolute Gasteiger partial charge is 0.386 e. The predicted octanol–water partition coefficient (Wildman–Crippen LogP) is 4.29. The Bertz CT molecular complexity index is 1510. The van der Waals surface area contributed by atoms with Crippen molar-refractivity contribution in [3.63, 3.8) is 0 Å². The highest BCUT2D eigenvalue weighted by molar-refractivity contribution is 7.92. The normalized spacial score (nSPS) is 13.7. The molecule has 0 saturated heterocycles. The van der Waals surface area contributed by atoms with Crippen molar-refractivity contribution in [3.05, 3.63) is 71.1 Å². The number of hydrogen-bond acceptors (Lipinski definition) is 6. The van der Waals surface area contributed by atoms with Crippen LogP contribution in [0.3, 0.4) is 0 Å². The summed E-state index contributed by atoms with van der Waals surface area (Å²) in [6, 6.07) is 8.51. The number of thiophene rings is 1. The quantitative estimate of drug-likeness (QED) is 0.382. The highest BCUT2D eigenvalue weighted by Crippen LogP contribution is 2.38. The number of nitrogens with one attached hydrogen (secondary N) is 2. The summed E-state index contributed by atoms with van der Waals surface area (Å²) in [6.07, 6.45) is 8.07. The summed E-state index contributed by atoms with van der Waals surface area (Å²) in [5.74, 6) is 0. The molecule has 1 aliphatic rings. The number of aliphatic hydroxyl groups is 1. The Balaban J connectivity index is 1.46. The van der Waals surface area contributed by atoms with Gasteiger partial charge in [-0.25, -0.2) is 22.9 Å². The number of benzene rings is 1. The van der Waals surface area contributed by atoms with Gasteiger partial charge in [-0.05, 0) is 78.9 Å². The minimum absolute atomic E-state index is 0.0375. The summed E-state index contributed by atoms with van der Waals surface area (Å²) < 4.78 is 29.6. The molecule has 0 saturated carbocycles. The van der Waals surface area contributed by atoms with Crippen LogP contribution in [0.5, 0.6) is 0 Å². The molecular formula is C24H24N4O4S2. The molecule has 3 heterocycles. The Hall–Kier alpha value is -3.21. The number of fused-ring (bicyclic) bond motifs is 2. The zero-order chi connectivity index (χ0) is 24.1. The van der Waals surface area contributed by atoms with E-state index < -0.39 is 21.7 Å². The molecule has 0 spiro atoms. The highest BCUT2D eigenvalue weighted by atomic mass is 32.2. The van der Waals surface area contributed by atoms with Gasteiger partial charge in [0.05, 0.1) is 29.3 Å². The number of aromatic nitrogens is 2. The van der Waals surface area contributed by atoms with Gasteiger partial charge in [0.1, 0.15) is 4.21 Å². The minimum Gasteiger partial charge on any atom is -0.386 e. The highest BCUT2D eigenvalue weighted by Gasteiger charge is 2.26. The maximum atomic E-state index is 12.9. The van der Waals surface area contributed by atoms with Crippen molar-refractivity contribution in [1.82, 2.24) is 14.1 Å². The fourth-order valence-electron chi connectivity index (χ4n) is 4.23. The van der Waals surface area contributed by atoms with Crippen LogP contribution in [0, 0.1) is 0 Å². The fraction of sp³-hybridized carbons (Fsp3) is 0.250. The topological polar surface area (TPSA) is 113 Å². The molecule has 1 aliphatic carbocycles. The molecule has 176 valence electrons. The molecule has 3 N–H and O–H groups in total. The van der Waals surface area contributed by atoms with Crippen LogP contribution < -0.4 is 10.0 Å². The number of amides is 2. The van der Waals surface area contributed by atoms with Gasteiger partial charge in [0, 0.05) is 11.8 Å². The van der Waals surface area contributed by atoms with Crippen LogP contribution in [0.1, 0.15) is 37.0 Å². The molecule has 3 aromatic heterocycles. The Labute approximate surface area is 201 Å². The second kappa shape index (κ2) is 8.23. The number of nitrogens with zero attached hydrogens (tertiary/aromatic N) is 2. The van der Waals surface area contributed by atoms with Gasteiger partial charge in [-0.3, -0.25) is 0 Å². The molecule has 2 amide bonds. The summed E-state index contributed by atoms with van der Waals surface area (Å²) >= 11 is 0.955. The number of imidazole rings is 1. The molecule has 0 bridgehead atoms. The molecule has 4 aromatic rings. The third kappa shape index (κ3) is 4.20. The van der Waals surface area contributed by atoms with Crippen molar-refractivity contribution in [2.75, 3.05) is 5.32 Å². The van der Waals surface area contributed by atoms with E-state index in [1.54, 1.807) is 31.8 Å². The molecule has 34 heavy (non-hydrogen) atoms. The Morgan fingerprint density at radius 2 is 2.03 bits per heavy atom. The summed E-state index contributed by atoms with van der Waals surface area (Å²) in [6.45, 7) is 3.15. The predicted molar refractivity (Wildman–Crippen MR) is 132 cm³/mol. The lowest BCUT2D eigenvalue weighted by Gasteiger charge is -2.17. The van der Waals surface area contributed by atoms with Gasteiger partial charge >= 0.3 is 6.03 Å². The molecule has 0 fully saturated rings. The van der Waals surface area contributed by atoms with E-state index in [9.17, 15) is 18.3 Å².